The zero-order chi connectivity index (χ0) is 19.1. The van der Waals surface area contributed by atoms with E-state index in [-0.39, 0.29) is 22.5 Å². The van der Waals surface area contributed by atoms with E-state index >= 15 is 0 Å². The zero-order valence-electron chi connectivity index (χ0n) is 14.8. The number of fused-ring (bicyclic) bond motifs is 1. The van der Waals surface area contributed by atoms with Crippen molar-refractivity contribution in [3.8, 4) is 22.8 Å². The van der Waals surface area contributed by atoms with Crippen LogP contribution >= 0.6 is 0 Å². The van der Waals surface area contributed by atoms with Gasteiger partial charge in [-0.25, -0.2) is 0 Å². The van der Waals surface area contributed by atoms with Crippen LogP contribution < -0.4 is 5.43 Å². The van der Waals surface area contributed by atoms with Crippen LogP contribution in [0.15, 0.2) is 45.9 Å². The van der Waals surface area contributed by atoms with Gasteiger partial charge in [0.1, 0.15) is 28.2 Å². The number of rotatable bonds is 2. The number of pyridine rings is 1. The van der Waals surface area contributed by atoms with Gasteiger partial charge in [-0.3, -0.25) is 9.78 Å². The van der Waals surface area contributed by atoms with Crippen LogP contribution in [0.2, 0.25) is 0 Å². The van der Waals surface area contributed by atoms with Crippen molar-refractivity contribution in [1.29, 1.82) is 0 Å². The Morgan fingerprint density at radius 3 is 2.63 bits per heavy atom. The summed E-state index contributed by atoms with van der Waals surface area (Å²) in [6.07, 6.45) is 3.04. The van der Waals surface area contributed by atoms with Crippen molar-refractivity contribution in [2.45, 2.75) is 18.4 Å². The molecule has 140 valence electrons. The number of aliphatic hydroxyl groups excluding tert-OH is 1. The smallest absolute Gasteiger partial charge is 0.197 e. The number of hydrogen-bond acceptors (Lipinski definition) is 7. The summed E-state index contributed by atoms with van der Waals surface area (Å²) in [7, 11) is 1.91. The number of nitrogens with zero attached hydrogens (tertiary/aromatic N) is 2. The normalized spacial score (nSPS) is 20.8. The second-order valence-electron chi connectivity index (χ2n) is 6.97. The summed E-state index contributed by atoms with van der Waals surface area (Å²) >= 11 is 0. The Hall–Kier alpha value is -2.90. The highest BCUT2D eigenvalue weighted by Gasteiger charge is 2.33. The molecule has 3 heterocycles. The Morgan fingerprint density at radius 1 is 1.19 bits per heavy atom. The summed E-state index contributed by atoms with van der Waals surface area (Å²) in [5, 5.41) is 31.3. The third-order valence-electron chi connectivity index (χ3n) is 5.12. The van der Waals surface area contributed by atoms with Crippen LogP contribution in [0.4, 0.5) is 0 Å². The van der Waals surface area contributed by atoms with E-state index in [0.717, 1.165) is 12.6 Å². The monoisotopic (exact) mass is 368 g/mol. The number of benzene rings is 1. The highest BCUT2D eigenvalue weighted by atomic mass is 16.3. The average Bonchev–Trinajstić information content (AvgIpc) is 2.63. The molecule has 0 spiro atoms. The molecule has 0 unspecified atom stereocenters. The lowest BCUT2D eigenvalue weighted by Gasteiger charge is -2.34. The lowest BCUT2D eigenvalue weighted by molar-refractivity contribution is 0.0631. The van der Waals surface area contributed by atoms with Gasteiger partial charge in [-0.15, -0.1) is 0 Å². The first kappa shape index (κ1) is 17.5. The average molecular weight is 368 g/mol. The number of likely N-dealkylation sites (tertiary alicyclic amines) is 1. The zero-order valence-corrected chi connectivity index (χ0v) is 14.8. The summed E-state index contributed by atoms with van der Waals surface area (Å²) < 4.78 is 5.98. The first-order chi connectivity index (χ1) is 13.0. The van der Waals surface area contributed by atoms with Crippen LogP contribution in [0.5, 0.6) is 11.5 Å². The van der Waals surface area contributed by atoms with Crippen molar-refractivity contribution in [3.05, 3.63) is 52.4 Å². The number of hydrogen-bond donors (Lipinski definition) is 3. The van der Waals surface area contributed by atoms with E-state index in [2.05, 4.69) is 4.98 Å². The highest BCUT2D eigenvalue weighted by molar-refractivity contribution is 5.89. The fourth-order valence-corrected chi connectivity index (χ4v) is 3.76. The Labute approximate surface area is 155 Å². The van der Waals surface area contributed by atoms with Gasteiger partial charge in [0.2, 0.25) is 0 Å². The number of phenols is 2. The van der Waals surface area contributed by atoms with Gasteiger partial charge in [0.25, 0.3) is 0 Å². The molecular formula is C20H20N2O5. The van der Waals surface area contributed by atoms with Crippen LogP contribution in [0, 0.1) is 0 Å². The lowest BCUT2D eigenvalue weighted by Crippen LogP contribution is -2.40. The van der Waals surface area contributed by atoms with E-state index in [1.165, 1.54) is 6.07 Å². The number of phenolic OH excluding ortho intramolecular Hbond substituents is 2. The molecule has 0 radical (unpaired) electrons. The molecule has 1 aliphatic rings. The molecule has 7 nitrogen and oxygen atoms in total. The van der Waals surface area contributed by atoms with Gasteiger partial charge < -0.3 is 24.6 Å². The largest absolute Gasteiger partial charge is 0.507 e. The topological polar surface area (TPSA) is 107 Å². The Balaban J connectivity index is 1.98. The molecular weight excluding hydrogens is 348 g/mol. The van der Waals surface area contributed by atoms with Gasteiger partial charge in [-0.2, -0.15) is 0 Å². The second kappa shape index (κ2) is 6.68. The highest BCUT2D eigenvalue weighted by Crippen LogP contribution is 2.42. The molecule has 1 saturated heterocycles. The van der Waals surface area contributed by atoms with E-state index in [1.54, 1.807) is 24.5 Å². The maximum absolute atomic E-state index is 12.7. The number of likely N-dealkylation sites (N-methyl/N-ethyl adjacent to an activating group) is 1. The van der Waals surface area contributed by atoms with Gasteiger partial charge in [0.15, 0.2) is 5.43 Å². The van der Waals surface area contributed by atoms with Gasteiger partial charge >= 0.3 is 0 Å². The third kappa shape index (κ3) is 3.05. The van der Waals surface area contributed by atoms with Gasteiger partial charge in [-0.1, -0.05) is 0 Å². The number of aromatic nitrogens is 1. The van der Waals surface area contributed by atoms with Crippen molar-refractivity contribution in [3.63, 3.8) is 0 Å². The van der Waals surface area contributed by atoms with Crippen LogP contribution in [-0.4, -0.2) is 51.4 Å². The van der Waals surface area contributed by atoms with Crippen LogP contribution in [-0.2, 0) is 0 Å². The molecule has 1 fully saturated rings. The van der Waals surface area contributed by atoms with E-state index in [1.807, 2.05) is 11.9 Å². The maximum Gasteiger partial charge on any atom is 0.197 e. The molecule has 3 N–H and O–H groups in total. The molecule has 0 amide bonds. The molecule has 2 aromatic heterocycles. The predicted octanol–water partition coefficient (Wildman–Crippen LogP) is 2.05. The summed E-state index contributed by atoms with van der Waals surface area (Å²) in [5.74, 6) is -0.629. The fraction of sp³-hybridized carbons (Fsp3) is 0.300. The van der Waals surface area contributed by atoms with Crippen molar-refractivity contribution in [2.24, 2.45) is 0 Å². The van der Waals surface area contributed by atoms with E-state index in [9.17, 15) is 20.1 Å². The Morgan fingerprint density at radius 2 is 1.93 bits per heavy atom. The van der Waals surface area contributed by atoms with Gasteiger partial charge in [0, 0.05) is 48.1 Å². The van der Waals surface area contributed by atoms with Gasteiger partial charge in [-0.05, 0) is 32.1 Å². The SMILES string of the molecule is CN1CC[C@H](c2c(O)cc(O)c3c(=O)cc(-c4ccncc4)oc23)[C@H](O)C1. The first-order valence-electron chi connectivity index (χ1n) is 8.75. The standard InChI is InChI=1S/C20H20N2O5/c1-22-7-4-12(16(26)10-22)18-13(23)8-14(24)19-15(25)9-17(27-20(18)19)11-2-5-21-6-3-11/h2-3,5-6,8-9,12,16,23-24,26H,4,7,10H2,1H3/t12-,16+/m0/s1. The van der Waals surface area contributed by atoms with Crippen molar-refractivity contribution in [1.82, 2.24) is 9.88 Å². The summed E-state index contributed by atoms with van der Waals surface area (Å²) in [5.41, 5.74) is 0.711. The second-order valence-corrected chi connectivity index (χ2v) is 6.97. The minimum Gasteiger partial charge on any atom is -0.507 e. The fourth-order valence-electron chi connectivity index (χ4n) is 3.76. The first-order valence-corrected chi connectivity index (χ1v) is 8.75. The number of aromatic hydroxyl groups is 2. The molecule has 1 aromatic carbocycles. The molecule has 1 aliphatic heterocycles. The molecule has 27 heavy (non-hydrogen) atoms. The molecule has 4 rings (SSSR count). The van der Waals surface area contributed by atoms with Crippen LogP contribution in [0.1, 0.15) is 17.9 Å². The summed E-state index contributed by atoms with van der Waals surface area (Å²) in [6.45, 7) is 1.18. The third-order valence-corrected chi connectivity index (χ3v) is 5.12. The van der Waals surface area contributed by atoms with Gasteiger partial charge in [0.05, 0.1) is 6.10 Å². The van der Waals surface area contributed by atoms with Crippen molar-refractivity contribution < 1.29 is 19.7 Å². The Bertz CT molecular complexity index is 1050. The molecule has 2 atom stereocenters. The number of piperidine rings is 1. The number of β-amino-alcohol motifs (C(OH)–C–C–N with tert-alkyl or cyclic N) is 1. The number of aliphatic hydroxyl groups is 1. The summed E-state index contributed by atoms with van der Waals surface area (Å²) in [6, 6.07) is 5.86. The molecule has 0 bridgehead atoms. The van der Waals surface area contributed by atoms with Crippen LogP contribution in [0.25, 0.3) is 22.3 Å². The predicted molar refractivity (Wildman–Crippen MR) is 99.9 cm³/mol. The van der Waals surface area contributed by atoms with Crippen LogP contribution in [0.3, 0.4) is 0 Å². The van der Waals surface area contributed by atoms with E-state index in [0.29, 0.717) is 29.9 Å². The van der Waals surface area contributed by atoms with E-state index in [4.69, 9.17) is 4.42 Å². The van der Waals surface area contributed by atoms with E-state index < -0.39 is 17.5 Å². The lowest BCUT2D eigenvalue weighted by atomic mass is 9.85. The molecule has 0 saturated carbocycles. The molecule has 3 aromatic rings. The molecule has 0 aliphatic carbocycles. The van der Waals surface area contributed by atoms with Crippen molar-refractivity contribution in [2.75, 3.05) is 20.1 Å². The maximum atomic E-state index is 12.7. The molecule has 7 heteroatoms. The quantitative estimate of drug-likeness (QED) is 0.635. The summed E-state index contributed by atoms with van der Waals surface area (Å²) in [4.78, 5) is 18.6. The minimum absolute atomic E-state index is 0.00624. The Kier molecular flexibility index (Phi) is 4.33. The van der Waals surface area contributed by atoms with Crippen molar-refractivity contribution >= 4 is 11.0 Å². The minimum atomic E-state index is -0.725.